The molecule has 0 N–H and O–H groups in total. The highest BCUT2D eigenvalue weighted by atomic mass is 19.1. The number of benzene rings is 1. The van der Waals surface area contributed by atoms with Crippen LogP contribution in [-0.2, 0) is 18.3 Å². The minimum atomic E-state index is -0.868. The second-order valence-electron chi connectivity index (χ2n) is 6.16. The molecule has 1 aliphatic heterocycles. The molecular formula is C18H19F2N3O2. The molecule has 2 heterocycles. The largest absolute Gasteiger partial charge is 0.357 e. The third-order valence-corrected chi connectivity index (χ3v) is 4.33. The van der Waals surface area contributed by atoms with Crippen LogP contribution >= 0.6 is 0 Å². The lowest BCUT2D eigenvalue weighted by atomic mass is 10.1. The van der Waals surface area contributed by atoms with Crippen LogP contribution in [0.25, 0.3) is 0 Å². The van der Waals surface area contributed by atoms with Crippen LogP contribution in [0.1, 0.15) is 15.9 Å². The van der Waals surface area contributed by atoms with Gasteiger partial charge in [0.1, 0.15) is 11.6 Å². The molecule has 1 fully saturated rings. The highest BCUT2D eigenvalue weighted by Crippen LogP contribution is 2.14. The number of aromatic nitrogens is 1. The molecule has 1 aromatic heterocycles. The maximum Gasteiger partial charge on any atom is 0.256 e. The Labute approximate surface area is 144 Å². The van der Waals surface area contributed by atoms with Crippen LogP contribution in [0.3, 0.4) is 0 Å². The van der Waals surface area contributed by atoms with E-state index in [4.69, 9.17) is 0 Å². The summed E-state index contributed by atoms with van der Waals surface area (Å²) in [6, 6.07) is 4.82. The quantitative estimate of drug-likeness (QED) is 0.850. The van der Waals surface area contributed by atoms with Crippen LogP contribution in [0.15, 0.2) is 36.7 Å². The summed E-state index contributed by atoms with van der Waals surface area (Å²) < 4.78 is 28.6. The van der Waals surface area contributed by atoms with Crippen molar-refractivity contribution in [3.05, 3.63) is 59.4 Å². The average Bonchev–Trinajstić information content (AvgIpc) is 2.99. The van der Waals surface area contributed by atoms with Crippen LogP contribution in [0.4, 0.5) is 8.78 Å². The summed E-state index contributed by atoms with van der Waals surface area (Å²) in [4.78, 5) is 27.9. The molecule has 3 rings (SSSR count). The molecule has 5 nitrogen and oxygen atoms in total. The van der Waals surface area contributed by atoms with E-state index < -0.39 is 17.5 Å². The van der Waals surface area contributed by atoms with E-state index in [1.54, 1.807) is 4.90 Å². The number of carbonyl (C=O) groups excluding carboxylic acids is 2. The molecule has 25 heavy (non-hydrogen) atoms. The maximum absolute atomic E-state index is 13.8. The Morgan fingerprint density at radius 3 is 2.32 bits per heavy atom. The van der Waals surface area contributed by atoms with Gasteiger partial charge >= 0.3 is 0 Å². The summed E-state index contributed by atoms with van der Waals surface area (Å²) in [6.45, 7) is 1.47. The lowest BCUT2D eigenvalue weighted by Gasteiger charge is -2.35. The molecule has 0 bridgehead atoms. The fraction of sp³-hybridized carbons (Fsp3) is 0.333. The lowest BCUT2D eigenvalue weighted by molar-refractivity contribution is -0.131. The van der Waals surface area contributed by atoms with Crippen molar-refractivity contribution in [2.24, 2.45) is 7.05 Å². The third-order valence-electron chi connectivity index (χ3n) is 4.33. The van der Waals surface area contributed by atoms with Crippen LogP contribution in [0, 0.1) is 11.6 Å². The molecular weight excluding hydrogens is 328 g/mol. The van der Waals surface area contributed by atoms with E-state index in [2.05, 4.69) is 0 Å². The number of amides is 2. The van der Waals surface area contributed by atoms with Crippen molar-refractivity contribution in [1.82, 2.24) is 14.4 Å². The fourth-order valence-electron chi connectivity index (χ4n) is 2.94. The van der Waals surface area contributed by atoms with Gasteiger partial charge in [-0.05, 0) is 23.8 Å². The molecule has 0 spiro atoms. The first-order valence-electron chi connectivity index (χ1n) is 8.07. The summed E-state index contributed by atoms with van der Waals surface area (Å²) in [5.74, 6) is -2.06. The van der Waals surface area contributed by atoms with Crippen molar-refractivity contribution in [2.45, 2.75) is 6.42 Å². The molecule has 0 saturated carbocycles. The number of carbonyl (C=O) groups is 2. The molecule has 0 aliphatic carbocycles. The fourth-order valence-corrected chi connectivity index (χ4v) is 2.94. The van der Waals surface area contributed by atoms with E-state index >= 15 is 0 Å². The first-order valence-corrected chi connectivity index (χ1v) is 8.07. The second-order valence-corrected chi connectivity index (χ2v) is 6.16. The average molecular weight is 347 g/mol. The minimum Gasteiger partial charge on any atom is -0.357 e. The molecule has 0 radical (unpaired) electrons. The molecule has 0 atom stereocenters. The van der Waals surface area contributed by atoms with Crippen molar-refractivity contribution >= 4 is 11.8 Å². The van der Waals surface area contributed by atoms with Crippen molar-refractivity contribution in [1.29, 1.82) is 0 Å². The van der Waals surface area contributed by atoms with Crippen LogP contribution < -0.4 is 0 Å². The van der Waals surface area contributed by atoms with Gasteiger partial charge in [-0.15, -0.1) is 0 Å². The van der Waals surface area contributed by atoms with Gasteiger partial charge in [0, 0.05) is 51.7 Å². The molecule has 1 saturated heterocycles. The van der Waals surface area contributed by atoms with Crippen molar-refractivity contribution in [3.8, 4) is 0 Å². The Kier molecular flexibility index (Phi) is 4.83. The van der Waals surface area contributed by atoms with Gasteiger partial charge in [0.05, 0.1) is 12.0 Å². The predicted octanol–water partition coefficient (Wildman–Crippen LogP) is 1.83. The van der Waals surface area contributed by atoms with Crippen molar-refractivity contribution in [3.63, 3.8) is 0 Å². The first kappa shape index (κ1) is 17.1. The maximum atomic E-state index is 13.8. The normalized spacial score (nSPS) is 14.7. The molecule has 1 aromatic carbocycles. The van der Waals surface area contributed by atoms with Crippen molar-refractivity contribution in [2.75, 3.05) is 26.2 Å². The van der Waals surface area contributed by atoms with Gasteiger partial charge in [-0.2, -0.15) is 0 Å². The van der Waals surface area contributed by atoms with Crippen LogP contribution in [0.2, 0.25) is 0 Å². The second kappa shape index (κ2) is 7.04. The van der Waals surface area contributed by atoms with Gasteiger partial charge in [-0.25, -0.2) is 8.78 Å². The SMILES string of the molecule is Cn1ccc(CC(=O)N2CCN(C(=O)c3ccc(F)cc3F)CC2)c1. The summed E-state index contributed by atoms with van der Waals surface area (Å²) in [5, 5.41) is 0. The molecule has 7 heteroatoms. The topological polar surface area (TPSA) is 45.6 Å². The highest BCUT2D eigenvalue weighted by Gasteiger charge is 2.26. The molecule has 2 aromatic rings. The number of piperazine rings is 1. The monoisotopic (exact) mass is 347 g/mol. The summed E-state index contributed by atoms with van der Waals surface area (Å²) >= 11 is 0. The first-order chi connectivity index (χ1) is 11.9. The summed E-state index contributed by atoms with van der Waals surface area (Å²) in [7, 11) is 1.90. The summed E-state index contributed by atoms with van der Waals surface area (Å²) in [5.41, 5.74) is 0.796. The number of aryl methyl sites for hydroxylation is 1. The number of nitrogens with zero attached hydrogens (tertiary/aromatic N) is 3. The smallest absolute Gasteiger partial charge is 0.256 e. The zero-order chi connectivity index (χ0) is 18.0. The summed E-state index contributed by atoms with van der Waals surface area (Å²) in [6.07, 6.45) is 4.10. The van der Waals surface area contributed by atoms with E-state index in [0.29, 0.717) is 38.7 Å². The number of hydrogen-bond donors (Lipinski definition) is 0. The van der Waals surface area contributed by atoms with Gasteiger partial charge in [0.2, 0.25) is 5.91 Å². The zero-order valence-corrected chi connectivity index (χ0v) is 13.9. The Morgan fingerprint density at radius 1 is 1.04 bits per heavy atom. The Balaban J connectivity index is 1.57. The lowest BCUT2D eigenvalue weighted by Crippen LogP contribution is -2.51. The third kappa shape index (κ3) is 3.87. The molecule has 132 valence electrons. The molecule has 0 unspecified atom stereocenters. The number of rotatable bonds is 3. The van der Waals surface area contributed by atoms with E-state index in [1.807, 2.05) is 30.1 Å². The van der Waals surface area contributed by atoms with Crippen LogP contribution in [0.5, 0.6) is 0 Å². The molecule has 2 amide bonds. The van der Waals surface area contributed by atoms with E-state index in [0.717, 1.165) is 17.7 Å². The molecule has 1 aliphatic rings. The number of hydrogen-bond acceptors (Lipinski definition) is 2. The van der Waals surface area contributed by atoms with E-state index in [9.17, 15) is 18.4 Å². The van der Waals surface area contributed by atoms with E-state index in [-0.39, 0.29) is 11.5 Å². The predicted molar refractivity (Wildman–Crippen MR) is 88.0 cm³/mol. The Bertz CT molecular complexity index is 795. The van der Waals surface area contributed by atoms with Gasteiger partial charge in [-0.1, -0.05) is 0 Å². The van der Waals surface area contributed by atoms with Crippen molar-refractivity contribution < 1.29 is 18.4 Å². The Morgan fingerprint density at radius 2 is 1.72 bits per heavy atom. The van der Waals surface area contributed by atoms with E-state index in [1.165, 1.54) is 4.90 Å². The van der Waals surface area contributed by atoms with Gasteiger partial charge in [0.25, 0.3) is 5.91 Å². The minimum absolute atomic E-state index is 0.00580. The van der Waals surface area contributed by atoms with Gasteiger partial charge < -0.3 is 14.4 Å². The van der Waals surface area contributed by atoms with Gasteiger partial charge in [-0.3, -0.25) is 9.59 Å². The Hall–Kier alpha value is -2.70. The highest BCUT2D eigenvalue weighted by molar-refractivity contribution is 5.94. The standard InChI is InChI=1S/C18H19F2N3O2/c1-21-5-4-13(12-21)10-17(24)22-6-8-23(9-7-22)18(25)15-3-2-14(19)11-16(15)20/h2-5,11-12H,6-10H2,1H3. The zero-order valence-electron chi connectivity index (χ0n) is 13.9. The van der Waals surface area contributed by atoms with Crippen LogP contribution in [-0.4, -0.2) is 52.4 Å². The van der Waals surface area contributed by atoms with Gasteiger partial charge in [0.15, 0.2) is 0 Å². The number of halogens is 2.